The number of imidazole rings is 1. The van der Waals surface area contributed by atoms with Gasteiger partial charge in [-0.3, -0.25) is 9.78 Å². The monoisotopic (exact) mass is 402 g/mol. The van der Waals surface area contributed by atoms with Gasteiger partial charge in [0, 0.05) is 12.7 Å². The van der Waals surface area contributed by atoms with Crippen molar-refractivity contribution in [3.63, 3.8) is 0 Å². The van der Waals surface area contributed by atoms with Gasteiger partial charge in [0.1, 0.15) is 0 Å². The van der Waals surface area contributed by atoms with Gasteiger partial charge in [-0.15, -0.1) is 0 Å². The second kappa shape index (κ2) is 8.92. The third kappa shape index (κ3) is 4.32. The largest absolute Gasteiger partial charge is 0.343 e. The van der Waals surface area contributed by atoms with E-state index in [4.69, 9.17) is 0 Å². The first-order valence-electron chi connectivity index (χ1n) is 9.59. The van der Waals surface area contributed by atoms with Crippen molar-refractivity contribution in [1.82, 2.24) is 19.9 Å². The molecule has 0 radical (unpaired) electrons. The van der Waals surface area contributed by atoms with Crippen LogP contribution in [0.5, 0.6) is 0 Å². The Morgan fingerprint density at radius 3 is 2.55 bits per heavy atom. The van der Waals surface area contributed by atoms with Gasteiger partial charge in [0.2, 0.25) is 5.91 Å². The van der Waals surface area contributed by atoms with Crippen molar-refractivity contribution >= 4 is 28.7 Å². The van der Waals surface area contributed by atoms with Crippen LogP contribution in [0.15, 0.2) is 84.1 Å². The van der Waals surface area contributed by atoms with E-state index in [2.05, 4.69) is 32.8 Å². The van der Waals surface area contributed by atoms with Crippen LogP contribution in [0.3, 0.4) is 0 Å². The molecule has 4 aromatic rings. The number of carbonyl (C=O) groups excluding carboxylic acids is 1. The lowest BCUT2D eigenvalue weighted by atomic mass is 10.0. The molecule has 0 aliphatic carbocycles. The molecule has 0 saturated carbocycles. The third-order valence-electron chi connectivity index (χ3n) is 4.69. The molecule has 0 fully saturated rings. The highest BCUT2D eigenvalue weighted by Crippen LogP contribution is 2.25. The van der Waals surface area contributed by atoms with E-state index in [1.807, 2.05) is 66.7 Å². The summed E-state index contributed by atoms with van der Waals surface area (Å²) in [6.07, 6.45) is 1.75. The number of para-hydroxylation sites is 2. The molecule has 6 heteroatoms. The molecule has 1 atom stereocenters. The summed E-state index contributed by atoms with van der Waals surface area (Å²) in [7, 11) is 0. The van der Waals surface area contributed by atoms with E-state index in [0.29, 0.717) is 5.75 Å². The van der Waals surface area contributed by atoms with Crippen molar-refractivity contribution in [2.24, 2.45) is 0 Å². The Morgan fingerprint density at radius 2 is 1.79 bits per heavy atom. The van der Waals surface area contributed by atoms with Crippen molar-refractivity contribution in [2.75, 3.05) is 5.75 Å². The molecule has 0 spiro atoms. The highest BCUT2D eigenvalue weighted by Gasteiger charge is 2.19. The maximum absolute atomic E-state index is 12.8. The van der Waals surface area contributed by atoms with Gasteiger partial charge in [-0.05, 0) is 36.8 Å². The van der Waals surface area contributed by atoms with Gasteiger partial charge in [0.15, 0.2) is 5.16 Å². The van der Waals surface area contributed by atoms with Crippen LogP contribution in [-0.2, 0) is 11.3 Å². The Morgan fingerprint density at radius 1 is 1.03 bits per heavy atom. The van der Waals surface area contributed by atoms with Crippen LogP contribution in [0.2, 0.25) is 0 Å². The molecule has 0 bridgehead atoms. The van der Waals surface area contributed by atoms with Crippen molar-refractivity contribution in [3.8, 4) is 0 Å². The van der Waals surface area contributed by atoms with Crippen molar-refractivity contribution in [2.45, 2.75) is 24.7 Å². The molecule has 0 saturated heterocycles. The first-order chi connectivity index (χ1) is 14.3. The molecule has 5 nitrogen and oxygen atoms in total. The molecular weight excluding hydrogens is 380 g/mol. The van der Waals surface area contributed by atoms with E-state index < -0.39 is 0 Å². The van der Waals surface area contributed by atoms with Crippen LogP contribution in [0.25, 0.3) is 11.0 Å². The molecule has 0 aliphatic heterocycles. The van der Waals surface area contributed by atoms with Crippen molar-refractivity contribution in [1.29, 1.82) is 0 Å². The van der Waals surface area contributed by atoms with E-state index in [-0.39, 0.29) is 11.9 Å². The minimum Gasteiger partial charge on any atom is -0.343 e. The zero-order valence-corrected chi connectivity index (χ0v) is 17.0. The van der Waals surface area contributed by atoms with Crippen LogP contribution in [0, 0.1) is 0 Å². The molecule has 2 aromatic carbocycles. The van der Waals surface area contributed by atoms with Crippen LogP contribution in [0.4, 0.5) is 0 Å². The summed E-state index contributed by atoms with van der Waals surface area (Å²) in [4.78, 5) is 21.9. The standard InChI is InChI=1S/C23H22N4OS/c1-2-27-20-14-7-6-12-18(20)25-23(27)29-16-21(28)26-22(17-10-4-3-5-11-17)19-13-8-9-15-24-19/h3-15,22H,2,16H2,1H3,(H,26,28). The van der Waals surface area contributed by atoms with Gasteiger partial charge >= 0.3 is 0 Å². The highest BCUT2D eigenvalue weighted by molar-refractivity contribution is 7.99. The van der Waals surface area contributed by atoms with Gasteiger partial charge in [-0.1, -0.05) is 60.3 Å². The van der Waals surface area contributed by atoms with Gasteiger partial charge in [0.25, 0.3) is 0 Å². The molecule has 1 N–H and O–H groups in total. The van der Waals surface area contributed by atoms with Crippen molar-refractivity contribution < 1.29 is 4.79 Å². The molecule has 2 aromatic heterocycles. The number of aromatic nitrogens is 3. The fraction of sp³-hybridized carbons (Fsp3) is 0.174. The highest BCUT2D eigenvalue weighted by atomic mass is 32.2. The normalized spacial score (nSPS) is 12.0. The minimum absolute atomic E-state index is 0.0517. The van der Waals surface area contributed by atoms with Gasteiger partial charge in [0.05, 0.1) is 28.5 Å². The van der Waals surface area contributed by atoms with E-state index >= 15 is 0 Å². The zero-order chi connectivity index (χ0) is 20.1. The number of nitrogens with one attached hydrogen (secondary N) is 1. The maximum Gasteiger partial charge on any atom is 0.231 e. The summed E-state index contributed by atoms with van der Waals surface area (Å²) in [5, 5.41) is 3.99. The lowest BCUT2D eigenvalue weighted by Crippen LogP contribution is -2.31. The number of pyridine rings is 1. The number of thioether (sulfide) groups is 1. The third-order valence-corrected chi connectivity index (χ3v) is 5.67. The Hall–Kier alpha value is -3.12. The zero-order valence-electron chi connectivity index (χ0n) is 16.2. The Kier molecular flexibility index (Phi) is 5.91. The number of rotatable bonds is 7. The lowest BCUT2D eigenvalue weighted by molar-refractivity contribution is -0.119. The quantitative estimate of drug-likeness (QED) is 0.464. The van der Waals surface area contributed by atoms with Gasteiger partial charge < -0.3 is 9.88 Å². The van der Waals surface area contributed by atoms with Gasteiger partial charge in [-0.25, -0.2) is 4.98 Å². The molecule has 29 heavy (non-hydrogen) atoms. The summed E-state index contributed by atoms with van der Waals surface area (Å²) < 4.78 is 2.14. The smallest absolute Gasteiger partial charge is 0.231 e. The first-order valence-corrected chi connectivity index (χ1v) is 10.6. The van der Waals surface area contributed by atoms with E-state index in [1.54, 1.807) is 6.20 Å². The number of hydrogen-bond acceptors (Lipinski definition) is 4. The Bertz CT molecular complexity index is 1060. The molecule has 4 rings (SSSR count). The summed E-state index contributed by atoms with van der Waals surface area (Å²) in [5.74, 6) is 0.240. The fourth-order valence-electron chi connectivity index (χ4n) is 3.32. The molecule has 0 aliphatic rings. The maximum atomic E-state index is 12.8. The summed E-state index contributed by atoms with van der Waals surface area (Å²) in [5.41, 5.74) is 3.87. The van der Waals surface area contributed by atoms with Crippen molar-refractivity contribution in [3.05, 3.63) is 90.3 Å². The van der Waals surface area contributed by atoms with Crippen LogP contribution < -0.4 is 5.32 Å². The SMILES string of the molecule is CCn1c(SCC(=O)NC(c2ccccc2)c2ccccn2)nc2ccccc21. The topological polar surface area (TPSA) is 59.8 Å². The first kappa shape index (κ1) is 19.2. The number of aryl methyl sites for hydroxylation is 1. The predicted molar refractivity (Wildman–Crippen MR) is 117 cm³/mol. The second-order valence-electron chi connectivity index (χ2n) is 6.58. The average molecular weight is 403 g/mol. The number of amides is 1. The molecule has 146 valence electrons. The Labute approximate surface area is 174 Å². The van der Waals surface area contributed by atoms with E-state index in [1.165, 1.54) is 11.8 Å². The second-order valence-corrected chi connectivity index (χ2v) is 7.52. The summed E-state index contributed by atoms with van der Waals surface area (Å²) in [6, 6.07) is 23.4. The van der Waals surface area contributed by atoms with Crippen LogP contribution >= 0.6 is 11.8 Å². The summed E-state index contributed by atoms with van der Waals surface area (Å²) >= 11 is 1.46. The lowest BCUT2D eigenvalue weighted by Gasteiger charge is -2.18. The number of fused-ring (bicyclic) bond motifs is 1. The molecule has 1 unspecified atom stereocenters. The summed E-state index contributed by atoms with van der Waals surface area (Å²) in [6.45, 7) is 2.90. The van der Waals surface area contributed by atoms with Crippen LogP contribution in [-0.4, -0.2) is 26.2 Å². The van der Waals surface area contributed by atoms with E-state index in [0.717, 1.165) is 34.0 Å². The fourth-order valence-corrected chi connectivity index (χ4v) is 4.21. The molecule has 2 heterocycles. The number of carbonyl (C=O) groups is 1. The molecule has 1 amide bonds. The van der Waals surface area contributed by atoms with Crippen LogP contribution in [0.1, 0.15) is 24.2 Å². The minimum atomic E-state index is -0.282. The molecular formula is C23H22N4OS. The van der Waals surface area contributed by atoms with E-state index in [9.17, 15) is 4.79 Å². The average Bonchev–Trinajstić information content (AvgIpc) is 3.15. The Balaban J connectivity index is 1.51. The number of nitrogens with zero attached hydrogens (tertiary/aromatic N) is 3. The number of hydrogen-bond donors (Lipinski definition) is 1. The van der Waals surface area contributed by atoms with Gasteiger partial charge in [-0.2, -0.15) is 0 Å². The predicted octanol–water partition coefficient (Wildman–Crippen LogP) is 4.45. The number of benzene rings is 2.